The molecule has 0 aliphatic heterocycles. The molecule has 31 heavy (non-hydrogen) atoms. The molecule has 1 amide bonds. The molecule has 3 aromatic rings. The van der Waals surface area contributed by atoms with Crippen LogP contribution in [0.2, 0.25) is 0 Å². The first kappa shape index (κ1) is 22.4. The normalized spacial score (nSPS) is 12.2. The minimum Gasteiger partial charge on any atom is -0.506 e. The molecule has 0 aliphatic carbocycles. The van der Waals surface area contributed by atoms with E-state index in [0.29, 0.717) is 17.7 Å². The van der Waals surface area contributed by atoms with Gasteiger partial charge in [0.25, 0.3) is 5.91 Å². The largest absolute Gasteiger partial charge is 0.506 e. The Bertz CT molecular complexity index is 1210. The summed E-state index contributed by atoms with van der Waals surface area (Å²) in [6.07, 6.45) is 0.336. The van der Waals surface area contributed by atoms with Gasteiger partial charge in [-0.3, -0.25) is 4.79 Å². The van der Waals surface area contributed by atoms with Crippen molar-refractivity contribution in [2.24, 2.45) is 0 Å². The van der Waals surface area contributed by atoms with Gasteiger partial charge in [-0.05, 0) is 62.2 Å². The molecule has 0 radical (unpaired) electrons. The van der Waals surface area contributed by atoms with Crippen LogP contribution in [0, 0.1) is 13.8 Å². The number of aryl methyl sites for hydroxylation is 2. The first-order valence-corrected chi connectivity index (χ1v) is 11.5. The van der Waals surface area contributed by atoms with Crippen molar-refractivity contribution in [3.05, 3.63) is 83.4 Å². The van der Waals surface area contributed by atoms with Gasteiger partial charge in [-0.15, -0.1) is 0 Å². The van der Waals surface area contributed by atoms with E-state index in [4.69, 9.17) is 0 Å². The van der Waals surface area contributed by atoms with Crippen LogP contribution in [0.1, 0.15) is 34.8 Å². The zero-order valence-electron chi connectivity index (χ0n) is 17.7. The molecule has 0 spiro atoms. The summed E-state index contributed by atoms with van der Waals surface area (Å²) in [5.41, 5.74) is 2.98. The highest BCUT2D eigenvalue weighted by Crippen LogP contribution is 2.29. The molecule has 3 N–H and O–H groups in total. The fraction of sp³-hybridized carbons (Fsp3) is 0.208. The van der Waals surface area contributed by atoms with E-state index in [1.807, 2.05) is 26.0 Å². The first-order valence-electron chi connectivity index (χ1n) is 9.99. The molecule has 1 atom stereocenters. The van der Waals surface area contributed by atoms with Crippen molar-refractivity contribution in [1.82, 2.24) is 0 Å². The van der Waals surface area contributed by atoms with E-state index in [0.717, 1.165) is 11.1 Å². The summed E-state index contributed by atoms with van der Waals surface area (Å²) in [6.45, 7) is 5.51. The Morgan fingerprint density at radius 3 is 2.26 bits per heavy atom. The van der Waals surface area contributed by atoms with Gasteiger partial charge in [-0.2, -0.15) is 0 Å². The third-order valence-corrected chi connectivity index (χ3v) is 7.03. The lowest BCUT2D eigenvalue weighted by Crippen LogP contribution is -2.29. The van der Waals surface area contributed by atoms with Crippen LogP contribution in [0.4, 0.5) is 11.4 Å². The van der Waals surface area contributed by atoms with Gasteiger partial charge >= 0.3 is 0 Å². The van der Waals surface area contributed by atoms with Crippen LogP contribution < -0.4 is 10.6 Å². The molecule has 0 fully saturated rings. The third kappa shape index (κ3) is 5.24. The Morgan fingerprint density at radius 2 is 1.65 bits per heavy atom. The minimum atomic E-state index is -3.62. The summed E-state index contributed by atoms with van der Waals surface area (Å²) in [7, 11) is -3.62. The van der Waals surface area contributed by atoms with Crippen molar-refractivity contribution in [3.63, 3.8) is 0 Å². The quantitative estimate of drug-likeness (QED) is 0.457. The molecule has 0 saturated heterocycles. The van der Waals surface area contributed by atoms with Gasteiger partial charge in [0.05, 0.1) is 10.6 Å². The summed E-state index contributed by atoms with van der Waals surface area (Å²) in [5.74, 6) is -0.498. The lowest BCUT2D eigenvalue weighted by atomic mass is 10.1. The molecule has 0 saturated carbocycles. The number of anilines is 2. The van der Waals surface area contributed by atoms with E-state index in [1.54, 1.807) is 49.4 Å². The second kappa shape index (κ2) is 9.22. The number of phenolic OH excluding ortho intramolecular Hbond substituents is 1. The van der Waals surface area contributed by atoms with Crippen molar-refractivity contribution < 1.29 is 18.3 Å². The maximum Gasteiger partial charge on any atom is 0.255 e. The number of aromatic hydroxyl groups is 1. The second-order valence-corrected chi connectivity index (χ2v) is 9.59. The van der Waals surface area contributed by atoms with Gasteiger partial charge in [0.1, 0.15) is 11.1 Å². The van der Waals surface area contributed by atoms with Gasteiger partial charge < -0.3 is 15.7 Å². The zero-order chi connectivity index (χ0) is 22.6. The van der Waals surface area contributed by atoms with E-state index < -0.39 is 15.2 Å². The Labute approximate surface area is 182 Å². The van der Waals surface area contributed by atoms with Gasteiger partial charge in [0.2, 0.25) is 0 Å². The Hall–Kier alpha value is -3.32. The van der Waals surface area contributed by atoms with Crippen LogP contribution in [0.3, 0.4) is 0 Å². The van der Waals surface area contributed by atoms with Crippen LogP contribution in [-0.2, 0) is 9.84 Å². The Balaban J connectivity index is 1.78. The molecule has 7 heteroatoms. The van der Waals surface area contributed by atoms with Crippen LogP contribution in [0.15, 0.2) is 71.6 Å². The van der Waals surface area contributed by atoms with Crippen molar-refractivity contribution in [1.29, 1.82) is 0 Å². The summed E-state index contributed by atoms with van der Waals surface area (Å²) in [6, 6.07) is 18.5. The second-order valence-electron chi connectivity index (χ2n) is 7.46. The third-order valence-electron chi connectivity index (χ3n) is 4.92. The number of sulfone groups is 1. The fourth-order valence-electron chi connectivity index (χ4n) is 3.25. The lowest BCUT2D eigenvalue weighted by molar-refractivity contribution is 0.102. The van der Waals surface area contributed by atoms with Crippen molar-refractivity contribution in [2.75, 3.05) is 10.6 Å². The number of carbonyl (C=O) groups excluding carboxylic acids is 1. The maximum absolute atomic E-state index is 13.0. The average Bonchev–Trinajstić information content (AvgIpc) is 2.73. The fourth-order valence-corrected chi connectivity index (χ4v) is 4.93. The predicted octanol–water partition coefficient (Wildman–Crippen LogP) is 4.88. The number of nitrogens with one attached hydrogen (secondary N) is 2. The summed E-state index contributed by atoms with van der Waals surface area (Å²) in [5, 5.41) is 15.2. The zero-order valence-corrected chi connectivity index (χ0v) is 18.5. The number of hydrogen-bond donors (Lipinski definition) is 3. The molecule has 0 aliphatic rings. The minimum absolute atomic E-state index is 0.159. The number of carbonyl (C=O) groups is 1. The summed E-state index contributed by atoms with van der Waals surface area (Å²) >= 11 is 0. The highest BCUT2D eigenvalue weighted by Gasteiger charge is 2.26. The van der Waals surface area contributed by atoms with Crippen LogP contribution in [0.25, 0.3) is 0 Å². The standard InChI is InChI=1S/C24H26N2O4S/c1-4-23(31(29,30)20-10-6-8-17(3)14-20)25-19-11-12-21(22(27)15-19)26-24(28)18-9-5-7-16(2)13-18/h5-15,23,25,27H,4H2,1-3H3,(H,26,28). The molecule has 0 aromatic heterocycles. The molecule has 0 bridgehead atoms. The number of benzene rings is 3. The Kier molecular flexibility index (Phi) is 6.65. The smallest absolute Gasteiger partial charge is 0.255 e. The highest BCUT2D eigenvalue weighted by atomic mass is 32.2. The summed E-state index contributed by atoms with van der Waals surface area (Å²) < 4.78 is 26.0. The highest BCUT2D eigenvalue weighted by molar-refractivity contribution is 7.92. The van der Waals surface area contributed by atoms with Crippen molar-refractivity contribution >= 4 is 27.1 Å². The van der Waals surface area contributed by atoms with Crippen LogP contribution in [-0.4, -0.2) is 24.8 Å². The average molecular weight is 439 g/mol. The molecular formula is C24H26N2O4S. The van der Waals surface area contributed by atoms with E-state index in [9.17, 15) is 18.3 Å². The van der Waals surface area contributed by atoms with Crippen molar-refractivity contribution in [3.8, 4) is 5.75 Å². The predicted molar refractivity (Wildman–Crippen MR) is 123 cm³/mol. The molecule has 3 aromatic carbocycles. The van der Waals surface area contributed by atoms with Gasteiger partial charge in [-0.25, -0.2) is 8.42 Å². The first-order chi connectivity index (χ1) is 14.7. The van der Waals surface area contributed by atoms with Gasteiger partial charge in [0, 0.05) is 17.3 Å². The Morgan fingerprint density at radius 1 is 0.968 bits per heavy atom. The number of hydrogen-bond acceptors (Lipinski definition) is 5. The molecule has 1 unspecified atom stereocenters. The molecule has 0 heterocycles. The van der Waals surface area contributed by atoms with E-state index in [1.165, 1.54) is 12.1 Å². The van der Waals surface area contributed by atoms with Gasteiger partial charge in [0.15, 0.2) is 9.84 Å². The number of rotatable bonds is 7. The molecule has 6 nitrogen and oxygen atoms in total. The molecular weight excluding hydrogens is 412 g/mol. The van der Waals surface area contributed by atoms with E-state index in [-0.39, 0.29) is 22.2 Å². The lowest BCUT2D eigenvalue weighted by Gasteiger charge is -2.20. The molecule has 3 rings (SSSR count). The molecule has 162 valence electrons. The number of phenols is 1. The SMILES string of the molecule is CCC(Nc1ccc(NC(=O)c2cccc(C)c2)c(O)c1)S(=O)(=O)c1cccc(C)c1. The topological polar surface area (TPSA) is 95.5 Å². The van der Waals surface area contributed by atoms with Gasteiger partial charge in [-0.1, -0.05) is 36.8 Å². The van der Waals surface area contributed by atoms with E-state index >= 15 is 0 Å². The van der Waals surface area contributed by atoms with Crippen LogP contribution in [0.5, 0.6) is 5.75 Å². The van der Waals surface area contributed by atoms with Crippen LogP contribution >= 0.6 is 0 Å². The van der Waals surface area contributed by atoms with Crippen molar-refractivity contribution in [2.45, 2.75) is 37.5 Å². The van der Waals surface area contributed by atoms with E-state index in [2.05, 4.69) is 10.6 Å². The summed E-state index contributed by atoms with van der Waals surface area (Å²) in [4.78, 5) is 12.7. The maximum atomic E-state index is 13.0. The number of amides is 1. The monoisotopic (exact) mass is 438 g/mol.